The van der Waals surface area contributed by atoms with E-state index in [2.05, 4.69) is 15.7 Å². The van der Waals surface area contributed by atoms with Gasteiger partial charge in [-0.3, -0.25) is 10.1 Å². The summed E-state index contributed by atoms with van der Waals surface area (Å²) in [5, 5.41) is 32.8. The molecule has 2 aromatic rings. The number of nitrogens with zero attached hydrogens (tertiary/aromatic N) is 3. The minimum absolute atomic E-state index is 0.0230. The Labute approximate surface area is 145 Å². The Morgan fingerprint density at radius 2 is 2.24 bits per heavy atom. The lowest BCUT2D eigenvalue weighted by molar-refractivity contribution is -0.672. The van der Waals surface area contributed by atoms with Crippen LogP contribution in [0.1, 0.15) is 12.8 Å². The van der Waals surface area contributed by atoms with E-state index in [1.165, 1.54) is 0 Å². The van der Waals surface area contributed by atoms with E-state index >= 15 is 0 Å². The van der Waals surface area contributed by atoms with E-state index < -0.39 is 11.8 Å². The quantitative estimate of drug-likeness (QED) is 0.447. The van der Waals surface area contributed by atoms with Gasteiger partial charge in [-0.05, 0) is 0 Å². The van der Waals surface area contributed by atoms with E-state index in [4.69, 9.17) is 16.3 Å². The van der Waals surface area contributed by atoms with Gasteiger partial charge in [-0.2, -0.15) is 0 Å². The largest absolute Gasteiger partial charge is 0.739 e. The zero-order chi connectivity index (χ0) is 18.0. The van der Waals surface area contributed by atoms with Crippen LogP contribution in [-0.2, 0) is 9.53 Å². The summed E-state index contributed by atoms with van der Waals surface area (Å²) in [5.41, 5.74) is -0.411. The third kappa shape index (κ3) is 3.63. The number of nitrogens with one attached hydrogen (secondary N) is 2. The molecule has 2 N–H and O–H groups in total. The van der Waals surface area contributed by atoms with E-state index in [0.717, 1.165) is 12.1 Å². The van der Waals surface area contributed by atoms with Crippen molar-refractivity contribution in [3.8, 4) is 0 Å². The first-order valence-corrected chi connectivity index (χ1v) is 7.72. The summed E-state index contributed by atoms with van der Waals surface area (Å²) >= 11 is 5.64. The zero-order valence-corrected chi connectivity index (χ0v) is 13.5. The van der Waals surface area contributed by atoms with Crippen LogP contribution in [0.4, 0.5) is 10.3 Å². The van der Waals surface area contributed by atoms with E-state index in [9.17, 15) is 19.6 Å². The van der Waals surface area contributed by atoms with Gasteiger partial charge in [0, 0.05) is 30.1 Å². The molecule has 0 atom stereocenters. The molecule has 0 radical (unpaired) electrons. The molecule has 2 heterocycles. The molecule has 0 unspecified atom stereocenters. The molecule has 9 nitrogen and oxygen atoms in total. The van der Waals surface area contributed by atoms with Crippen LogP contribution in [0.25, 0.3) is 11.0 Å². The molecular formula is C14H13ClFN5O4. The van der Waals surface area contributed by atoms with Crippen molar-refractivity contribution in [3.63, 3.8) is 0 Å². The molecule has 0 saturated heterocycles. The number of carbonyl (C=O) groups excluding carboxylic acids is 1. The monoisotopic (exact) mass is 369 g/mol. The Bertz CT molecular complexity index is 876. The zero-order valence-electron chi connectivity index (χ0n) is 12.8. The number of esters is 1. The standard InChI is InChI=1S/C14H13ClFN5O4/c15-9-5-11-12(6-10(9)16)21(24)19-14(20(11)23)18-4-2-13(22)25-8-1-3-17-7-8/h5-7,17H,1-4H2,(H,18,19). The summed E-state index contributed by atoms with van der Waals surface area (Å²) in [6.07, 6.45) is 2.20. The lowest BCUT2D eigenvalue weighted by Crippen LogP contribution is -2.44. The van der Waals surface area contributed by atoms with Crippen molar-refractivity contribution >= 4 is 34.6 Å². The van der Waals surface area contributed by atoms with Crippen molar-refractivity contribution in [1.82, 2.24) is 10.4 Å². The molecule has 1 aliphatic rings. The number of hydrogen-bond donors (Lipinski definition) is 2. The van der Waals surface area contributed by atoms with Crippen LogP contribution in [0.3, 0.4) is 0 Å². The molecule has 0 fully saturated rings. The molecule has 25 heavy (non-hydrogen) atoms. The SMILES string of the molecule is O=C(CCNc1n[n+]([O-])c2cc(F)c(Cl)cc2[n+]1[O-])OC1=CNCC1. The van der Waals surface area contributed by atoms with Gasteiger partial charge in [-0.1, -0.05) is 11.6 Å². The van der Waals surface area contributed by atoms with Gasteiger partial charge in [0.1, 0.15) is 11.6 Å². The van der Waals surface area contributed by atoms with Crippen molar-refractivity contribution < 1.29 is 23.5 Å². The molecule has 0 saturated carbocycles. The summed E-state index contributed by atoms with van der Waals surface area (Å²) in [6.45, 7) is 0.736. The van der Waals surface area contributed by atoms with Crippen molar-refractivity contribution in [3.05, 3.63) is 45.3 Å². The average molecular weight is 370 g/mol. The third-order valence-corrected chi connectivity index (χ3v) is 3.75. The highest BCUT2D eigenvalue weighted by molar-refractivity contribution is 6.31. The first-order chi connectivity index (χ1) is 12.0. The molecule has 132 valence electrons. The predicted molar refractivity (Wildman–Crippen MR) is 84.5 cm³/mol. The van der Waals surface area contributed by atoms with Gasteiger partial charge >= 0.3 is 17.4 Å². The van der Waals surface area contributed by atoms with E-state index in [1.54, 1.807) is 6.20 Å². The Hall–Kier alpha value is -2.88. The number of halogens is 2. The van der Waals surface area contributed by atoms with Crippen LogP contribution in [-0.4, -0.2) is 24.2 Å². The van der Waals surface area contributed by atoms with Crippen molar-refractivity contribution in [2.75, 3.05) is 18.4 Å². The smallest absolute Gasteiger partial charge is 0.460 e. The van der Waals surface area contributed by atoms with Gasteiger partial charge < -0.3 is 20.5 Å². The number of ether oxygens (including phenoxy) is 1. The Morgan fingerprint density at radius 1 is 1.44 bits per heavy atom. The maximum atomic E-state index is 13.4. The van der Waals surface area contributed by atoms with Gasteiger partial charge in [0.2, 0.25) is 5.10 Å². The molecule has 3 rings (SSSR count). The number of carbonyl (C=O) groups is 1. The average Bonchev–Trinajstić information content (AvgIpc) is 3.07. The fraction of sp³-hybridized carbons (Fsp3) is 0.286. The van der Waals surface area contributed by atoms with Gasteiger partial charge in [-0.15, -0.1) is 0 Å². The predicted octanol–water partition coefficient (Wildman–Crippen LogP) is 0.474. The van der Waals surface area contributed by atoms with Crippen molar-refractivity contribution in [2.24, 2.45) is 0 Å². The molecule has 0 bridgehead atoms. The summed E-state index contributed by atoms with van der Waals surface area (Å²) in [7, 11) is 0. The third-order valence-electron chi connectivity index (χ3n) is 3.46. The van der Waals surface area contributed by atoms with Crippen LogP contribution in [0.15, 0.2) is 24.1 Å². The maximum absolute atomic E-state index is 13.4. The first-order valence-electron chi connectivity index (χ1n) is 7.35. The van der Waals surface area contributed by atoms with Gasteiger partial charge in [0.05, 0.1) is 24.1 Å². The van der Waals surface area contributed by atoms with Crippen molar-refractivity contribution in [2.45, 2.75) is 12.8 Å². The molecule has 0 spiro atoms. The lowest BCUT2D eigenvalue weighted by Gasteiger charge is -2.10. The molecule has 1 aliphatic heterocycles. The van der Waals surface area contributed by atoms with Gasteiger partial charge in [-0.25, -0.2) is 9.12 Å². The van der Waals surface area contributed by atoms with Crippen LogP contribution in [0.2, 0.25) is 5.02 Å². The Kier molecular flexibility index (Phi) is 4.70. The van der Waals surface area contributed by atoms with Gasteiger partial charge in [0.15, 0.2) is 5.52 Å². The maximum Gasteiger partial charge on any atom is 0.460 e. The van der Waals surface area contributed by atoms with E-state index in [0.29, 0.717) is 23.5 Å². The Balaban J connectivity index is 1.70. The molecular weight excluding hydrogens is 357 g/mol. The molecule has 1 aromatic carbocycles. The minimum atomic E-state index is -0.834. The molecule has 1 aromatic heterocycles. The summed E-state index contributed by atoms with van der Waals surface area (Å²) < 4.78 is 18.8. The number of anilines is 1. The topological polar surface area (TPSA) is 117 Å². The van der Waals surface area contributed by atoms with Crippen LogP contribution < -0.4 is 20.2 Å². The number of aromatic nitrogens is 3. The number of benzene rings is 1. The first kappa shape index (κ1) is 17.0. The Morgan fingerprint density at radius 3 is 2.96 bits per heavy atom. The summed E-state index contributed by atoms with van der Waals surface area (Å²) in [5.74, 6) is -1.11. The second-order valence-corrected chi connectivity index (χ2v) is 5.62. The lowest BCUT2D eigenvalue weighted by atomic mass is 10.3. The molecule has 11 heteroatoms. The highest BCUT2D eigenvalue weighted by Crippen LogP contribution is 2.19. The second-order valence-electron chi connectivity index (χ2n) is 5.21. The number of rotatable bonds is 5. The number of fused-ring (bicyclic) bond motifs is 1. The highest BCUT2D eigenvalue weighted by atomic mass is 35.5. The molecule has 0 aliphatic carbocycles. The summed E-state index contributed by atoms with van der Waals surface area (Å²) in [6, 6.07) is 1.87. The second kappa shape index (κ2) is 6.93. The number of hydrogen-bond acceptors (Lipinski definition) is 7. The molecule has 0 amide bonds. The van der Waals surface area contributed by atoms with Crippen LogP contribution in [0, 0.1) is 16.2 Å². The normalized spacial score (nSPS) is 13.4. The highest BCUT2D eigenvalue weighted by Gasteiger charge is 2.22. The summed E-state index contributed by atoms with van der Waals surface area (Å²) in [4.78, 5) is 11.8. The fourth-order valence-corrected chi connectivity index (χ4v) is 2.41. The van der Waals surface area contributed by atoms with Crippen molar-refractivity contribution in [1.29, 1.82) is 0 Å². The fourth-order valence-electron chi connectivity index (χ4n) is 2.25. The van der Waals surface area contributed by atoms with E-state index in [1.807, 2.05) is 0 Å². The van der Waals surface area contributed by atoms with Crippen LogP contribution in [0.5, 0.6) is 0 Å². The minimum Gasteiger partial charge on any atom is -0.739 e. The van der Waals surface area contributed by atoms with Crippen LogP contribution >= 0.6 is 11.6 Å². The van der Waals surface area contributed by atoms with E-state index in [-0.39, 0.29) is 39.8 Å². The van der Waals surface area contributed by atoms with Gasteiger partial charge in [0.25, 0.3) is 0 Å².